The number of hydrogen-bond donors (Lipinski definition) is 0. The van der Waals surface area contributed by atoms with E-state index >= 15 is 0 Å². The van der Waals surface area contributed by atoms with Gasteiger partial charge in [0, 0.05) is 14.4 Å². The maximum absolute atomic E-state index is 5.78. The largest absolute Gasteiger partial charge is 0.466 e. The summed E-state index contributed by atoms with van der Waals surface area (Å²) < 4.78 is 11.5. The van der Waals surface area contributed by atoms with Gasteiger partial charge in [-0.25, -0.2) is 0 Å². The van der Waals surface area contributed by atoms with E-state index in [0.29, 0.717) is 0 Å². The van der Waals surface area contributed by atoms with Crippen LogP contribution >= 0.6 is 0 Å². The number of allylic oxidation sites excluding steroid dienone is 1. The van der Waals surface area contributed by atoms with Crippen LogP contribution in [0.15, 0.2) is 11.5 Å². The summed E-state index contributed by atoms with van der Waals surface area (Å²) in [5.41, 5.74) is 1.30. The van der Waals surface area contributed by atoms with Crippen molar-refractivity contribution >= 4 is 8.80 Å². The van der Waals surface area contributed by atoms with Crippen molar-refractivity contribution in [1.29, 1.82) is 0 Å². The Bertz CT molecular complexity index is 194. The van der Waals surface area contributed by atoms with Gasteiger partial charge in [0.25, 0.3) is 5.95 Å². The normalized spacial score (nSPS) is 10.4. The molecular weight excluding hydrogens is 216 g/mol. The van der Waals surface area contributed by atoms with E-state index in [4.69, 9.17) is 9.47 Å². The topological polar surface area (TPSA) is 18.5 Å². The minimum absolute atomic E-state index is 0.192. The van der Waals surface area contributed by atoms with Gasteiger partial charge in [-0.15, -0.1) is 0 Å². The Kier molecular flexibility index (Phi) is 9.49. The summed E-state index contributed by atoms with van der Waals surface area (Å²) in [6.45, 7) is 12.6. The first-order chi connectivity index (χ1) is 7.65. The highest BCUT2D eigenvalue weighted by atomic mass is 28.3. The third-order valence-corrected chi connectivity index (χ3v) is 3.62. The molecule has 0 aliphatic carbocycles. The fourth-order valence-electron chi connectivity index (χ4n) is 1.33. The monoisotopic (exact) mass is 243 g/mol. The van der Waals surface area contributed by atoms with E-state index in [-0.39, 0.29) is 8.80 Å². The van der Waals surface area contributed by atoms with Gasteiger partial charge in [-0.2, -0.15) is 0 Å². The Hall–Kier alpha value is -0.443. The Morgan fingerprint density at radius 3 is 1.94 bits per heavy atom. The number of rotatable bonds is 9. The summed E-state index contributed by atoms with van der Waals surface area (Å²) in [6, 6.07) is 1.18. The van der Waals surface area contributed by atoms with Gasteiger partial charge >= 0.3 is 0 Å². The molecule has 1 radical (unpaired) electrons. The predicted octanol–water partition coefficient (Wildman–Crippen LogP) is 4.22. The molecule has 2 nitrogen and oxygen atoms in total. The van der Waals surface area contributed by atoms with Crippen LogP contribution < -0.4 is 0 Å². The van der Waals surface area contributed by atoms with E-state index in [1.165, 1.54) is 11.6 Å². The molecule has 0 aromatic carbocycles. The average Bonchev–Trinajstić information content (AvgIpc) is 2.26. The zero-order valence-electron chi connectivity index (χ0n) is 11.6. The highest BCUT2D eigenvalue weighted by Gasteiger charge is 2.07. The Labute approximate surface area is 103 Å². The molecule has 0 amide bonds. The van der Waals surface area contributed by atoms with Gasteiger partial charge in [0.05, 0.1) is 13.2 Å². The molecule has 0 unspecified atom stereocenters. The van der Waals surface area contributed by atoms with Gasteiger partial charge in [0.2, 0.25) is 0 Å². The molecule has 0 aliphatic heterocycles. The fraction of sp³-hybridized carbons (Fsp3) is 0.846. The zero-order valence-corrected chi connectivity index (χ0v) is 12.6. The lowest BCUT2D eigenvalue weighted by atomic mass is 10.2. The summed E-state index contributed by atoms with van der Waals surface area (Å²) in [7, 11) is -0.192. The summed E-state index contributed by atoms with van der Waals surface area (Å²) in [4.78, 5) is 0. The number of hydrogen-bond acceptors (Lipinski definition) is 2. The summed E-state index contributed by atoms with van der Waals surface area (Å²) in [5, 5.41) is 0. The van der Waals surface area contributed by atoms with Gasteiger partial charge in [0.15, 0.2) is 0 Å². The second-order valence-corrected chi connectivity index (χ2v) is 7.17. The Morgan fingerprint density at radius 2 is 1.50 bits per heavy atom. The van der Waals surface area contributed by atoms with Crippen molar-refractivity contribution in [1.82, 2.24) is 0 Å². The molecular formula is C13H27O2Si. The van der Waals surface area contributed by atoms with E-state index in [9.17, 15) is 0 Å². The van der Waals surface area contributed by atoms with Crippen molar-refractivity contribution in [3.63, 3.8) is 0 Å². The first-order valence-corrected chi connectivity index (χ1v) is 9.12. The second kappa shape index (κ2) is 9.76. The lowest BCUT2D eigenvalue weighted by Gasteiger charge is -2.15. The third kappa shape index (κ3) is 6.93. The summed E-state index contributed by atoms with van der Waals surface area (Å²) in [5.74, 6) is 0.801. The van der Waals surface area contributed by atoms with Crippen LogP contribution in [0.3, 0.4) is 0 Å². The van der Waals surface area contributed by atoms with Gasteiger partial charge in [-0.1, -0.05) is 33.9 Å². The maximum Gasteiger partial charge on any atom is 0.278 e. The molecule has 0 saturated carbocycles. The average molecular weight is 243 g/mol. The van der Waals surface area contributed by atoms with Gasteiger partial charge < -0.3 is 9.47 Å². The van der Waals surface area contributed by atoms with Crippen molar-refractivity contribution in [2.75, 3.05) is 13.2 Å². The molecule has 16 heavy (non-hydrogen) atoms. The standard InChI is InChI=1S/C13H27O2Si/c1-6-9-14-13(12(7-2)8-3)15-10-11-16(4)5/h6-11H2,1-5H3. The van der Waals surface area contributed by atoms with Crippen molar-refractivity contribution < 1.29 is 9.47 Å². The van der Waals surface area contributed by atoms with Crippen molar-refractivity contribution in [3.05, 3.63) is 11.5 Å². The van der Waals surface area contributed by atoms with Crippen LogP contribution in [0.4, 0.5) is 0 Å². The van der Waals surface area contributed by atoms with Crippen molar-refractivity contribution in [2.24, 2.45) is 0 Å². The van der Waals surface area contributed by atoms with Gasteiger partial charge in [-0.05, 0) is 25.3 Å². The maximum atomic E-state index is 5.78. The lowest BCUT2D eigenvalue weighted by molar-refractivity contribution is 0.0357. The van der Waals surface area contributed by atoms with Gasteiger partial charge in [0.1, 0.15) is 0 Å². The van der Waals surface area contributed by atoms with Crippen molar-refractivity contribution in [3.8, 4) is 0 Å². The molecule has 0 bridgehead atoms. The Balaban J connectivity index is 4.24. The van der Waals surface area contributed by atoms with E-state index in [1.807, 2.05) is 0 Å². The zero-order chi connectivity index (χ0) is 12.4. The van der Waals surface area contributed by atoms with E-state index in [1.54, 1.807) is 0 Å². The minimum Gasteiger partial charge on any atom is -0.466 e. The van der Waals surface area contributed by atoms with Crippen LogP contribution in [0.1, 0.15) is 40.0 Å². The summed E-state index contributed by atoms with van der Waals surface area (Å²) >= 11 is 0. The molecule has 0 aliphatic rings. The minimum atomic E-state index is -0.192. The van der Waals surface area contributed by atoms with E-state index < -0.39 is 0 Å². The third-order valence-electron chi connectivity index (χ3n) is 2.41. The van der Waals surface area contributed by atoms with E-state index in [2.05, 4.69) is 33.9 Å². The van der Waals surface area contributed by atoms with Crippen LogP contribution in [0.5, 0.6) is 0 Å². The molecule has 3 heteroatoms. The van der Waals surface area contributed by atoms with Crippen LogP contribution in [0.25, 0.3) is 0 Å². The summed E-state index contributed by atoms with van der Waals surface area (Å²) in [6.07, 6.45) is 3.07. The van der Waals surface area contributed by atoms with Crippen LogP contribution in [0, 0.1) is 0 Å². The smallest absolute Gasteiger partial charge is 0.278 e. The molecule has 0 aromatic rings. The van der Waals surface area contributed by atoms with Gasteiger partial charge in [-0.3, -0.25) is 0 Å². The molecule has 0 atom stereocenters. The molecule has 0 N–H and O–H groups in total. The second-order valence-electron chi connectivity index (χ2n) is 4.25. The fourth-order valence-corrected chi connectivity index (χ4v) is 1.84. The van der Waals surface area contributed by atoms with E-state index in [0.717, 1.165) is 38.4 Å². The quantitative estimate of drug-likeness (QED) is 0.446. The predicted molar refractivity (Wildman–Crippen MR) is 72.1 cm³/mol. The molecule has 0 aromatic heterocycles. The van der Waals surface area contributed by atoms with Crippen LogP contribution in [0.2, 0.25) is 19.1 Å². The molecule has 0 rings (SSSR count). The van der Waals surface area contributed by atoms with Crippen LogP contribution in [-0.2, 0) is 9.47 Å². The first kappa shape index (κ1) is 15.6. The number of ether oxygens (including phenoxy) is 2. The lowest BCUT2D eigenvalue weighted by Crippen LogP contribution is -2.09. The highest BCUT2D eigenvalue weighted by molar-refractivity contribution is 6.55. The molecule has 0 spiro atoms. The molecule has 0 saturated heterocycles. The van der Waals surface area contributed by atoms with Crippen LogP contribution in [-0.4, -0.2) is 22.0 Å². The van der Waals surface area contributed by atoms with Crippen molar-refractivity contribution in [2.45, 2.75) is 59.2 Å². The first-order valence-electron chi connectivity index (χ1n) is 6.42. The molecule has 0 fully saturated rings. The molecule has 0 heterocycles. The highest BCUT2D eigenvalue weighted by Crippen LogP contribution is 2.16. The molecule has 95 valence electrons. The SMILES string of the molecule is CCCOC(OCC[Si](C)C)=C(CC)CC. The Morgan fingerprint density at radius 1 is 0.938 bits per heavy atom.